The minimum atomic E-state index is -3.79. The van der Waals surface area contributed by atoms with Crippen LogP contribution in [0.25, 0.3) is 0 Å². The van der Waals surface area contributed by atoms with Crippen LogP contribution in [0.1, 0.15) is 20.8 Å². The highest BCUT2D eigenvalue weighted by atomic mass is 32.2. The Labute approximate surface area is 161 Å². The van der Waals surface area contributed by atoms with Gasteiger partial charge in [-0.15, -0.1) is 11.3 Å². The molecule has 0 amide bonds. The molecule has 3 aromatic rings. The van der Waals surface area contributed by atoms with Crippen LogP contribution in [0.5, 0.6) is 0 Å². The molecule has 0 aliphatic carbocycles. The summed E-state index contributed by atoms with van der Waals surface area (Å²) in [4.78, 5) is 12.4. The van der Waals surface area contributed by atoms with Crippen molar-refractivity contribution in [3.05, 3.63) is 82.0 Å². The van der Waals surface area contributed by atoms with Crippen molar-refractivity contribution >= 4 is 33.0 Å². The van der Waals surface area contributed by atoms with E-state index < -0.39 is 16.0 Å². The van der Waals surface area contributed by atoms with Gasteiger partial charge in [-0.25, -0.2) is 13.2 Å². The smallest absolute Gasteiger partial charge is 0.337 e. The SMILES string of the molecule is COC(=O)c1ccc(S(=O)(=O)Nc2cccc(C#Cc3cccs3)c2)cc1. The first-order chi connectivity index (χ1) is 13.0. The number of anilines is 1. The Balaban J connectivity index is 1.79. The molecule has 0 unspecified atom stereocenters. The molecule has 1 aromatic heterocycles. The predicted molar refractivity (Wildman–Crippen MR) is 105 cm³/mol. The number of hydrogen-bond donors (Lipinski definition) is 1. The Bertz CT molecular complexity index is 1110. The summed E-state index contributed by atoms with van der Waals surface area (Å²) < 4.78 is 32.2. The number of hydrogen-bond acceptors (Lipinski definition) is 5. The van der Waals surface area contributed by atoms with Crippen LogP contribution in [0.15, 0.2) is 70.9 Å². The van der Waals surface area contributed by atoms with Gasteiger partial charge in [0.1, 0.15) is 0 Å². The third-order valence-electron chi connectivity index (χ3n) is 3.55. The van der Waals surface area contributed by atoms with Gasteiger partial charge in [0.2, 0.25) is 0 Å². The maximum atomic E-state index is 12.5. The van der Waals surface area contributed by atoms with Gasteiger partial charge in [-0.05, 0) is 53.9 Å². The highest BCUT2D eigenvalue weighted by molar-refractivity contribution is 7.92. The van der Waals surface area contributed by atoms with Gasteiger partial charge in [0.05, 0.1) is 28.1 Å². The number of ether oxygens (including phenoxy) is 1. The van der Waals surface area contributed by atoms with Crippen LogP contribution in [0, 0.1) is 11.8 Å². The van der Waals surface area contributed by atoms with E-state index in [0.717, 1.165) is 4.88 Å². The Morgan fingerprint density at radius 3 is 2.48 bits per heavy atom. The fraction of sp³-hybridized carbons (Fsp3) is 0.0500. The van der Waals surface area contributed by atoms with Gasteiger partial charge in [-0.1, -0.05) is 24.0 Å². The lowest BCUT2D eigenvalue weighted by atomic mass is 10.2. The third-order valence-corrected chi connectivity index (χ3v) is 5.73. The molecule has 136 valence electrons. The average molecular weight is 397 g/mol. The van der Waals surface area contributed by atoms with Gasteiger partial charge in [-0.3, -0.25) is 4.72 Å². The molecule has 7 heteroatoms. The van der Waals surface area contributed by atoms with E-state index in [2.05, 4.69) is 21.3 Å². The molecule has 2 aromatic carbocycles. The second-order valence-electron chi connectivity index (χ2n) is 5.43. The van der Waals surface area contributed by atoms with Crippen LogP contribution in [0.4, 0.5) is 5.69 Å². The van der Waals surface area contributed by atoms with Crippen LogP contribution >= 0.6 is 11.3 Å². The van der Waals surface area contributed by atoms with Crippen molar-refractivity contribution in [3.63, 3.8) is 0 Å². The molecule has 5 nitrogen and oxygen atoms in total. The molecule has 0 radical (unpaired) electrons. The van der Waals surface area contributed by atoms with E-state index in [4.69, 9.17) is 0 Å². The van der Waals surface area contributed by atoms with Gasteiger partial charge in [0.25, 0.3) is 10.0 Å². The first kappa shape index (κ1) is 18.7. The standard InChI is InChI=1S/C20H15NO4S2/c1-25-20(22)16-8-11-19(12-9-16)27(23,24)21-17-5-2-4-15(14-17)7-10-18-6-3-13-26-18/h2-6,8-9,11-14,21H,1H3. The van der Waals surface area contributed by atoms with Crippen LogP contribution in [-0.4, -0.2) is 21.5 Å². The van der Waals surface area contributed by atoms with Gasteiger partial charge < -0.3 is 4.74 Å². The van der Waals surface area contributed by atoms with E-state index in [1.54, 1.807) is 29.5 Å². The zero-order chi connectivity index (χ0) is 19.3. The van der Waals surface area contributed by atoms with E-state index in [1.165, 1.54) is 31.4 Å². The number of sulfonamides is 1. The maximum absolute atomic E-state index is 12.5. The molecule has 1 N–H and O–H groups in total. The zero-order valence-corrected chi connectivity index (χ0v) is 15.9. The summed E-state index contributed by atoms with van der Waals surface area (Å²) in [7, 11) is -2.52. The van der Waals surface area contributed by atoms with Crippen molar-refractivity contribution in [1.82, 2.24) is 0 Å². The molecule has 0 aliphatic heterocycles. The Hall–Kier alpha value is -3.08. The molecule has 1 heterocycles. The molecule has 0 saturated carbocycles. The second kappa shape index (κ2) is 8.08. The van der Waals surface area contributed by atoms with Crippen molar-refractivity contribution < 1.29 is 17.9 Å². The van der Waals surface area contributed by atoms with E-state index >= 15 is 0 Å². The summed E-state index contributed by atoms with van der Waals surface area (Å²) in [5, 5.41) is 1.94. The molecule has 0 spiro atoms. The third kappa shape index (κ3) is 4.76. The number of esters is 1. The van der Waals surface area contributed by atoms with E-state index in [9.17, 15) is 13.2 Å². The fourth-order valence-corrected chi connectivity index (χ4v) is 3.87. The van der Waals surface area contributed by atoms with E-state index in [0.29, 0.717) is 11.3 Å². The average Bonchev–Trinajstić information content (AvgIpc) is 3.19. The summed E-state index contributed by atoms with van der Waals surface area (Å²) in [6, 6.07) is 16.2. The topological polar surface area (TPSA) is 72.5 Å². The molecule has 0 fully saturated rings. The number of methoxy groups -OCH3 is 1. The molecular formula is C20H15NO4S2. The van der Waals surface area contributed by atoms with Crippen molar-refractivity contribution in [3.8, 4) is 11.8 Å². The van der Waals surface area contributed by atoms with Gasteiger partial charge >= 0.3 is 5.97 Å². The zero-order valence-electron chi connectivity index (χ0n) is 14.3. The first-order valence-corrected chi connectivity index (χ1v) is 10.2. The number of thiophene rings is 1. The van der Waals surface area contributed by atoms with Crippen molar-refractivity contribution in [2.24, 2.45) is 0 Å². The maximum Gasteiger partial charge on any atom is 0.337 e. The quantitative estimate of drug-likeness (QED) is 0.538. The lowest BCUT2D eigenvalue weighted by molar-refractivity contribution is 0.0600. The largest absolute Gasteiger partial charge is 0.465 e. The number of rotatable bonds is 4. The monoisotopic (exact) mass is 397 g/mol. The Kier molecular flexibility index (Phi) is 5.60. The second-order valence-corrected chi connectivity index (χ2v) is 8.06. The number of carbonyl (C=O) groups excluding carboxylic acids is 1. The minimum Gasteiger partial charge on any atom is -0.465 e. The van der Waals surface area contributed by atoms with Crippen molar-refractivity contribution in [2.45, 2.75) is 4.90 Å². The fourth-order valence-electron chi connectivity index (χ4n) is 2.25. The molecule has 0 saturated heterocycles. The summed E-state index contributed by atoms with van der Waals surface area (Å²) in [6.07, 6.45) is 0. The summed E-state index contributed by atoms with van der Waals surface area (Å²) in [6.45, 7) is 0. The first-order valence-electron chi connectivity index (χ1n) is 7.85. The van der Waals surface area contributed by atoms with Crippen molar-refractivity contribution in [1.29, 1.82) is 0 Å². The molecular weight excluding hydrogens is 382 g/mol. The number of benzene rings is 2. The molecule has 0 bridgehead atoms. The Morgan fingerprint density at radius 2 is 1.81 bits per heavy atom. The van der Waals surface area contributed by atoms with E-state index in [-0.39, 0.29) is 10.5 Å². The van der Waals surface area contributed by atoms with Crippen LogP contribution in [-0.2, 0) is 14.8 Å². The number of nitrogens with one attached hydrogen (secondary N) is 1. The van der Waals surface area contributed by atoms with Crippen LogP contribution < -0.4 is 4.72 Å². The van der Waals surface area contributed by atoms with Gasteiger partial charge in [-0.2, -0.15) is 0 Å². The minimum absolute atomic E-state index is 0.0465. The molecule has 0 aliphatic rings. The lowest BCUT2D eigenvalue weighted by Crippen LogP contribution is -2.13. The van der Waals surface area contributed by atoms with Crippen molar-refractivity contribution in [2.75, 3.05) is 11.8 Å². The lowest BCUT2D eigenvalue weighted by Gasteiger charge is -2.09. The summed E-state index contributed by atoms with van der Waals surface area (Å²) in [5.74, 6) is 5.52. The molecule has 0 atom stereocenters. The molecule has 27 heavy (non-hydrogen) atoms. The van der Waals surface area contributed by atoms with Crippen LogP contribution in [0.2, 0.25) is 0 Å². The summed E-state index contributed by atoms with van der Waals surface area (Å²) in [5.41, 5.74) is 1.39. The predicted octanol–water partition coefficient (Wildman–Crippen LogP) is 3.74. The van der Waals surface area contributed by atoms with Crippen LogP contribution in [0.3, 0.4) is 0 Å². The number of carbonyl (C=O) groups is 1. The van der Waals surface area contributed by atoms with E-state index in [1.807, 2.05) is 23.6 Å². The summed E-state index contributed by atoms with van der Waals surface area (Å²) >= 11 is 1.54. The highest BCUT2D eigenvalue weighted by Crippen LogP contribution is 2.18. The molecule has 3 rings (SSSR count). The van der Waals surface area contributed by atoms with Gasteiger partial charge in [0.15, 0.2) is 0 Å². The Morgan fingerprint density at radius 1 is 1.04 bits per heavy atom. The highest BCUT2D eigenvalue weighted by Gasteiger charge is 2.15. The normalized spacial score (nSPS) is 10.6. The van der Waals surface area contributed by atoms with Gasteiger partial charge in [0, 0.05) is 5.56 Å².